The summed E-state index contributed by atoms with van der Waals surface area (Å²) in [6.45, 7) is 0.546. The van der Waals surface area contributed by atoms with Crippen LogP contribution in [-0.2, 0) is 15.8 Å². The fraction of sp³-hybridized carbons (Fsp3) is 0.462. The normalized spacial score (nSPS) is 19.6. The number of amides is 1. The van der Waals surface area contributed by atoms with Gasteiger partial charge >= 0.3 is 6.18 Å². The van der Waals surface area contributed by atoms with Gasteiger partial charge < -0.3 is 4.74 Å². The van der Waals surface area contributed by atoms with Crippen molar-refractivity contribution in [1.82, 2.24) is 5.48 Å². The van der Waals surface area contributed by atoms with Gasteiger partial charge in [0, 0.05) is 18.6 Å². The van der Waals surface area contributed by atoms with E-state index >= 15 is 0 Å². The fourth-order valence-corrected chi connectivity index (χ4v) is 1.82. The second kappa shape index (κ2) is 6.23. The van der Waals surface area contributed by atoms with Crippen LogP contribution in [0.3, 0.4) is 0 Å². The van der Waals surface area contributed by atoms with Crippen molar-refractivity contribution in [3.8, 4) is 0 Å². The fourth-order valence-electron chi connectivity index (χ4n) is 1.82. The quantitative estimate of drug-likeness (QED) is 0.870. The first-order valence-electron chi connectivity index (χ1n) is 6.21. The summed E-state index contributed by atoms with van der Waals surface area (Å²) in [5.74, 6) is -0.731. The lowest BCUT2D eigenvalue weighted by Gasteiger charge is -2.22. The topological polar surface area (TPSA) is 47.6 Å². The molecule has 20 heavy (non-hydrogen) atoms. The highest BCUT2D eigenvalue weighted by Crippen LogP contribution is 2.29. The number of halogens is 3. The number of alkyl halides is 3. The van der Waals surface area contributed by atoms with E-state index in [-0.39, 0.29) is 5.56 Å². The number of benzene rings is 1. The molecule has 0 bridgehead atoms. The number of hydrogen-bond acceptors (Lipinski definition) is 3. The van der Waals surface area contributed by atoms with Crippen LogP contribution in [0.1, 0.15) is 35.2 Å². The highest BCUT2D eigenvalue weighted by atomic mass is 19.4. The first kappa shape index (κ1) is 14.8. The van der Waals surface area contributed by atoms with E-state index in [0.29, 0.717) is 13.0 Å². The Kier molecular flexibility index (Phi) is 4.61. The number of hydrogen-bond donors (Lipinski definition) is 1. The number of ether oxygens (including phenoxy) is 1. The van der Waals surface area contributed by atoms with Crippen LogP contribution in [0.2, 0.25) is 0 Å². The largest absolute Gasteiger partial charge is 0.416 e. The van der Waals surface area contributed by atoms with Crippen molar-refractivity contribution in [2.24, 2.45) is 0 Å². The van der Waals surface area contributed by atoms with Gasteiger partial charge in [0.05, 0.1) is 5.56 Å². The molecule has 1 atom stereocenters. The zero-order chi connectivity index (χ0) is 14.6. The molecule has 1 aromatic carbocycles. The van der Waals surface area contributed by atoms with Crippen LogP contribution in [-0.4, -0.2) is 18.8 Å². The third kappa shape index (κ3) is 3.94. The summed E-state index contributed by atoms with van der Waals surface area (Å²) in [6, 6.07) is 4.15. The average Bonchev–Trinajstić information content (AvgIpc) is 2.45. The minimum atomic E-state index is -4.48. The molecule has 1 aliphatic heterocycles. The van der Waals surface area contributed by atoms with E-state index in [1.165, 1.54) is 12.1 Å². The van der Waals surface area contributed by atoms with Crippen LogP contribution in [0.25, 0.3) is 0 Å². The van der Waals surface area contributed by atoms with Crippen molar-refractivity contribution in [3.63, 3.8) is 0 Å². The molecule has 1 aliphatic rings. The number of nitrogens with one attached hydrogen (secondary N) is 1. The lowest BCUT2D eigenvalue weighted by molar-refractivity contribution is -0.186. The van der Waals surface area contributed by atoms with Crippen molar-refractivity contribution in [2.45, 2.75) is 31.7 Å². The summed E-state index contributed by atoms with van der Waals surface area (Å²) in [5, 5.41) is 0. The van der Waals surface area contributed by atoms with E-state index in [1.54, 1.807) is 0 Å². The maximum absolute atomic E-state index is 12.5. The summed E-state index contributed by atoms with van der Waals surface area (Å²) in [6.07, 6.45) is -2.53. The molecule has 1 saturated heterocycles. The number of carbonyl (C=O) groups is 1. The molecule has 2 rings (SSSR count). The van der Waals surface area contributed by atoms with Crippen LogP contribution in [0, 0.1) is 0 Å². The third-order valence-electron chi connectivity index (χ3n) is 2.87. The zero-order valence-electron chi connectivity index (χ0n) is 10.6. The molecule has 0 spiro atoms. The molecular formula is C13H14F3NO3. The zero-order valence-corrected chi connectivity index (χ0v) is 10.6. The molecule has 1 amide bonds. The van der Waals surface area contributed by atoms with E-state index in [9.17, 15) is 18.0 Å². The molecule has 1 unspecified atom stereocenters. The molecule has 1 N–H and O–H groups in total. The Hall–Kier alpha value is -1.60. The standard InChI is InChI=1S/C13H14F3NO3/c14-13(15,16)10-5-3-4-9(8-10)12(18)17-20-11-6-1-2-7-19-11/h3-5,8,11H,1-2,6-7H2,(H,17,18). The van der Waals surface area contributed by atoms with Crippen molar-refractivity contribution >= 4 is 5.91 Å². The minimum absolute atomic E-state index is 0.115. The molecule has 1 fully saturated rings. The van der Waals surface area contributed by atoms with Crippen LogP contribution in [0.4, 0.5) is 13.2 Å². The van der Waals surface area contributed by atoms with E-state index in [4.69, 9.17) is 9.57 Å². The highest BCUT2D eigenvalue weighted by Gasteiger charge is 2.31. The van der Waals surface area contributed by atoms with Gasteiger partial charge in [0.2, 0.25) is 0 Å². The summed E-state index contributed by atoms with van der Waals surface area (Å²) >= 11 is 0. The maximum Gasteiger partial charge on any atom is 0.416 e. The molecule has 110 valence electrons. The molecule has 4 nitrogen and oxygen atoms in total. The van der Waals surface area contributed by atoms with Gasteiger partial charge in [-0.2, -0.15) is 13.2 Å². The molecule has 0 aliphatic carbocycles. The summed E-state index contributed by atoms with van der Waals surface area (Å²) in [5.41, 5.74) is 1.13. The van der Waals surface area contributed by atoms with Gasteiger partial charge in [-0.1, -0.05) is 6.07 Å². The van der Waals surface area contributed by atoms with Gasteiger partial charge in [-0.15, -0.1) is 0 Å². The van der Waals surface area contributed by atoms with Gasteiger partial charge in [-0.3, -0.25) is 4.79 Å². The Morgan fingerprint density at radius 3 is 2.80 bits per heavy atom. The first-order valence-corrected chi connectivity index (χ1v) is 6.21. The molecule has 1 heterocycles. The molecule has 7 heteroatoms. The first-order chi connectivity index (χ1) is 9.47. The maximum atomic E-state index is 12.5. The van der Waals surface area contributed by atoms with Gasteiger partial charge in [0.25, 0.3) is 5.91 Å². The Morgan fingerprint density at radius 1 is 1.35 bits per heavy atom. The second-order valence-electron chi connectivity index (χ2n) is 4.42. The molecule has 1 aromatic rings. The average molecular weight is 289 g/mol. The van der Waals surface area contributed by atoms with Crippen molar-refractivity contribution in [2.75, 3.05) is 6.61 Å². The van der Waals surface area contributed by atoms with E-state index in [0.717, 1.165) is 25.0 Å². The van der Waals surface area contributed by atoms with Gasteiger partial charge in [-0.25, -0.2) is 10.3 Å². The number of rotatable bonds is 3. The Balaban J connectivity index is 1.95. The molecular weight excluding hydrogens is 275 g/mol. The van der Waals surface area contributed by atoms with Crippen LogP contribution in [0.5, 0.6) is 0 Å². The van der Waals surface area contributed by atoms with E-state index < -0.39 is 23.9 Å². The van der Waals surface area contributed by atoms with E-state index in [1.807, 2.05) is 0 Å². The monoisotopic (exact) mass is 289 g/mol. The number of carbonyl (C=O) groups excluding carboxylic acids is 1. The Labute approximate surface area is 113 Å². The van der Waals surface area contributed by atoms with Crippen molar-refractivity contribution in [1.29, 1.82) is 0 Å². The van der Waals surface area contributed by atoms with Crippen LogP contribution >= 0.6 is 0 Å². The molecule has 0 saturated carbocycles. The second-order valence-corrected chi connectivity index (χ2v) is 4.42. The SMILES string of the molecule is O=C(NOC1CCCCO1)c1cccc(C(F)(F)F)c1. The number of hydroxylamine groups is 1. The Morgan fingerprint density at radius 2 is 2.15 bits per heavy atom. The van der Waals surface area contributed by atoms with Crippen molar-refractivity contribution < 1.29 is 27.5 Å². The predicted octanol–water partition coefficient (Wildman–Crippen LogP) is 2.89. The highest BCUT2D eigenvalue weighted by molar-refractivity contribution is 5.93. The summed E-state index contributed by atoms with van der Waals surface area (Å²) < 4.78 is 42.8. The summed E-state index contributed by atoms with van der Waals surface area (Å²) in [7, 11) is 0. The van der Waals surface area contributed by atoms with Gasteiger partial charge in [0.1, 0.15) is 0 Å². The molecule has 0 aromatic heterocycles. The van der Waals surface area contributed by atoms with Crippen molar-refractivity contribution in [3.05, 3.63) is 35.4 Å². The van der Waals surface area contributed by atoms with Gasteiger partial charge in [0.15, 0.2) is 6.29 Å². The smallest absolute Gasteiger partial charge is 0.350 e. The lowest BCUT2D eigenvalue weighted by Crippen LogP contribution is -2.33. The summed E-state index contributed by atoms with van der Waals surface area (Å²) in [4.78, 5) is 16.7. The lowest BCUT2D eigenvalue weighted by atomic mass is 10.1. The van der Waals surface area contributed by atoms with Crippen LogP contribution < -0.4 is 5.48 Å². The minimum Gasteiger partial charge on any atom is -0.350 e. The van der Waals surface area contributed by atoms with Crippen LogP contribution in [0.15, 0.2) is 24.3 Å². The van der Waals surface area contributed by atoms with Gasteiger partial charge in [-0.05, 0) is 31.0 Å². The predicted molar refractivity (Wildman–Crippen MR) is 63.6 cm³/mol. The Bertz CT molecular complexity index is 470. The van der Waals surface area contributed by atoms with E-state index in [2.05, 4.69) is 5.48 Å². The molecule has 0 radical (unpaired) electrons. The third-order valence-corrected chi connectivity index (χ3v) is 2.87.